The number of carbonyl (C=O) groups is 3. The molecular weight excluding hydrogens is 492 g/mol. The minimum Gasteiger partial charge on any atom is -0.347 e. The summed E-state index contributed by atoms with van der Waals surface area (Å²) in [6.45, 7) is 20.3. The van der Waals surface area contributed by atoms with Crippen LogP contribution in [0.5, 0.6) is 0 Å². The molecule has 1 saturated heterocycles. The van der Waals surface area contributed by atoms with Gasteiger partial charge in [0.15, 0.2) is 6.23 Å². The third-order valence-corrected chi connectivity index (χ3v) is 8.24. The summed E-state index contributed by atoms with van der Waals surface area (Å²) < 4.78 is 6.13. The first kappa shape index (κ1) is 32.8. The quantitative estimate of drug-likeness (QED) is 0.295. The number of amides is 4. The number of carbonyl (C=O) groups excluding carboxylic acids is 3. The maximum absolute atomic E-state index is 13.4. The van der Waals surface area contributed by atoms with Crippen LogP contribution in [0.3, 0.4) is 0 Å². The number of ether oxygens (including phenoxy) is 1. The molecule has 2 rings (SSSR count). The van der Waals surface area contributed by atoms with Gasteiger partial charge in [0.1, 0.15) is 6.61 Å². The van der Waals surface area contributed by atoms with Crippen molar-refractivity contribution in [3.63, 3.8) is 0 Å². The van der Waals surface area contributed by atoms with E-state index in [1.165, 1.54) is 4.90 Å². The van der Waals surface area contributed by atoms with Gasteiger partial charge in [0, 0.05) is 31.7 Å². The number of nitrogens with one attached hydrogen (secondary N) is 1. The van der Waals surface area contributed by atoms with Crippen LogP contribution in [0.25, 0.3) is 0 Å². The molecule has 8 nitrogen and oxygen atoms in total. The zero-order valence-corrected chi connectivity index (χ0v) is 25.8. The molecule has 1 aliphatic rings. The summed E-state index contributed by atoms with van der Waals surface area (Å²) in [4.78, 5) is 45.3. The average Bonchev–Trinajstić information content (AvgIpc) is 2.89. The molecule has 1 heterocycles. The highest BCUT2D eigenvalue weighted by Crippen LogP contribution is 2.46. The third kappa shape index (κ3) is 7.60. The van der Waals surface area contributed by atoms with Crippen molar-refractivity contribution in [1.82, 2.24) is 20.0 Å². The van der Waals surface area contributed by atoms with E-state index in [-0.39, 0.29) is 24.5 Å². The highest BCUT2D eigenvalue weighted by molar-refractivity contribution is 6.03. The summed E-state index contributed by atoms with van der Waals surface area (Å²) in [5.74, 6) is -0.368. The van der Waals surface area contributed by atoms with Crippen molar-refractivity contribution >= 4 is 17.8 Å². The van der Waals surface area contributed by atoms with E-state index in [9.17, 15) is 14.4 Å². The Balaban J connectivity index is 2.14. The number of nitrogens with zero attached hydrogens (tertiary/aromatic N) is 3. The van der Waals surface area contributed by atoms with E-state index in [4.69, 9.17) is 4.74 Å². The second-order valence-corrected chi connectivity index (χ2v) is 11.3. The van der Waals surface area contributed by atoms with Crippen molar-refractivity contribution in [1.29, 1.82) is 0 Å². The molecule has 1 aromatic rings. The highest BCUT2D eigenvalue weighted by Gasteiger charge is 2.62. The summed E-state index contributed by atoms with van der Waals surface area (Å²) >= 11 is 0. The molecule has 220 valence electrons. The summed E-state index contributed by atoms with van der Waals surface area (Å²) in [5, 5.41) is 3.06. The molecule has 1 aromatic carbocycles. The van der Waals surface area contributed by atoms with Gasteiger partial charge in [-0.2, -0.15) is 0 Å². The van der Waals surface area contributed by atoms with E-state index in [2.05, 4.69) is 44.8 Å². The minimum absolute atomic E-state index is 0.130. The number of hydrogen-bond acceptors (Lipinski definition) is 5. The molecule has 8 heteroatoms. The van der Waals surface area contributed by atoms with Gasteiger partial charge in [0.25, 0.3) is 0 Å². The zero-order valence-electron chi connectivity index (χ0n) is 25.8. The van der Waals surface area contributed by atoms with Gasteiger partial charge < -0.3 is 15.0 Å². The second kappa shape index (κ2) is 14.8. The lowest BCUT2D eigenvalue weighted by Crippen LogP contribution is -2.72. The second-order valence-electron chi connectivity index (χ2n) is 11.3. The fraction of sp³-hybridized carbons (Fsp3) is 0.710. The van der Waals surface area contributed by atoms with E-state index >= 15 is 0 Å². The van der Waals surface area contributed by atoms with Gasteiger partial charge in [-0.3, -0.25) is 14.5 Å². The summed E-state index contributed by atoms with van der Waals surface area (Å²) in [6.07, 6.45) is 1.94. The molecule has 0 aromatic heterocycles. The number of rotatable bonds is 15. The van der Waals surface area contributed by atoms with Gasteiger partial charge in [-0.25, -0.2) is 9.69 Å². The molecule has 39 heavy (non-hydrogen) atoms. The van der Waals surface area contributed by atoms with E-state index in [1.807, 2.05) is 52.0 Å². The molecule has 0 radical (unpaired) electrons. The Morgan fingerprint density at radius 2 is 1.59 bits per heavy atom. The number of benzene rings is 1. The number of likely N-dealkylation sites (N-methyl/N-ethyl adjacent to an activating group) is 1. The Hall–Kier alpha value is -2.45. The largest absolute Gasteiger partial charge is 0.347 e. The highest BCUT2D eigenvalue weighted by atomic mass is 16.5. The van der Waals surface area contributed by atoms with Crippen LogP contribution in [0, 0.1) is 12.3 Å². The Bertz CT molecular complexity index is 934. The van der Waals surface area contributed by atoms with Crippen molar-refractivity contribution in [3.05, 3.63) is 35.4 Å². The smallest absolute Gasteiger partial charge is 0.326 e. The fourth-order valence-electron chi connectivity index (χ4n) is 5.65. The molecule has 0 saturated carbocycles. The summed E-state index contributed by atoms with van der Waals surface area (Å²) in [5.41, 5.74) is 1.35. The lowest BCUT2D eigenvalue weighted by Gasteiger charge is -2.53. The van der Waals surface area contributed by atoms with Crippen molar-refractivity contribution < 1.29 is 19.1 Å². The van der Waals surface area contributed by atoms with Crippen molar-refractivity contribution in [2.75, 3.05) is 26.2 Å². The van der Waals surface area contributed by atoms with Crippen LogP contribution in [-0.4, -0.2) is 77.1 Å². The molecule has 2 atom stereocenters. The summed E-state index contributed by atoms with van der Waals surface area (Å²) in [6, 6.07) is 8.17. The van der Waals surface area contributed by atoms with Crippen LogP contribution in [-0.2, 0) is 14.3 Å². The van der Waals surface area contributed by atoms with Crippen LogP contribution in [0.4, 0.5) is 4.79 Å². The first-order chi connectivity index (χ1) is 18.5. The summed E-state index contributed by atoms with van der Waals surface area (Å²) in [7, 11) is 0. The van der Waals surface area contributed by atoms with Crippen LogP contribution >= 0.6 is 0 Å². The van der Waals surface area contributed by atoms with Crippen LogP contribution in [0.15, 0.2) is 24.3 Å². The van der Waals surface area contributed by atoms with Crippen LogP contribution in [0.2, 0.25) is 0 Å². The fourth-order valence-corrected chi connectivity index (χ4v) is 5.65. The topological polar surface area (TPSA) is 82.2 Å². The van der Waals surface area contributed by atoms with E-state index in [0.717, 1.165) is 30.5 Å². The van der Waals surface area contributed by atoms with Gasteiger partial charge in [-0.1, -0.05) is 57.0 Å². The number of hydrogen-bond donors (Lipinski definition) is 1. The first-order valence-corrected chi connectivity index (χ1v) is 14.8. The Morgan fingerprint density at radius 1 is 1.00 bits per heavy atom. The van der Waals surface area contributed by atoms with Gasteiger partial charge in [-0.05, 0) is 66.4 Å². The lowest BCUT2D eigenvalue weighted by atomic mass is 9.72. The third-order valence-electron chi connectivity index (χ3n) is 8.24. The number of aryl methyl sites for hydroxylation is 1. The van der Waals surface area contributed by atoms with Gasteiger partial charge in [-0.15, -0.1) is 0 Å². The van der Waals surface area contributed by atoms with E-state index in [0.29, 0.717) is 38.0 Å². The predicted molar refractivity (Wildman–Crippen MR) is 156 cm³/mol. The van der Waals surface area contributed by atoms with Gasteiger partial charge in [0.05, 0.1) is 11.5 Å². The molecule has 0 aliphatic carbocycles. The van der Waals surface area contributed by atoms with Crippen LogP contribution < -0.4 is 5.32 Å². The number of likely N-dealkylation sites (tertiary alicyclic amines) is 1. The van der Waals surface area contributed by atoms with E-state index < -0.39 is 17.7 Å². The molecule has 1 fully saturated rings. The van der Waals surface area contributed by atoms with Crippen molar-refractivity contribution in [2.45, 2.75) is 112 Å². The number of β-lactam (4-membered cyclic amide) rings is 1. The molecule has 0 bridgehead atoms. The number of urea groups is 1. The van der Waals surface area contributed by atoms with Crippen molar-refractivity contribution in [3.8, 4) is 0 Å². The average molecular weight is 545 g/mol. The SMILES string of the molecule is CCCC(NC(=O)N1C(=O)C(CC)(CC)C1OCC(=O)N(CC)CCN(C(C)C)C(C)C)c1ccc(C)cc1. The molecule has 0 spiro atoms. The lowest BCUT2D eigenvalue weighted by molar-refractivity contribution is -0.212. The monoisotopic (exact) mass is 544 g/mol. The minimum atomic E-state index is -0.801. The molecule has 1 N–H and O–H groups in total. The normalized spacial score (nSPS) is 17.5. The van der Waals surface area contributed by atoms with Gasteiger partial charge in [0.2, 0.25) is 11.8 Å². The maximum atomic E-state index is 13.4. The molecular formula is C31H52N4O4. The number of imide groups is 1. The predicted octanol–water partition coefficient (Wildman–Crippen LogP) is 5.50. The van der Waals surface area contributed by atoms with Gasteiger partial charge >= 0.3 is 6.03 Å². The Morgan fingerprint density at radius 3 is 2.08 bits per heavy atom. The maximum Gasteiger partial charge on any atom is 0.326 e. The molecule has 4 amide bonds. The Kier molecular flexibility index (Phi) is 12.4. The van der Waals surface area contributed by atoms with Crippen molar-refractivity contribution in [2.24, 2.45) is 5.41 Å². The Labute approximate surface area is 236 Å². The standard InChI is InChI=1S/C31H52N4O4/c1-10-14-26(25-17-15-24(9)16-18-25)32-30(38)35-28(37)31(11-2,12-3)29(35)39-21-27(36)33(13-4)19-20-34(22(5)6)23(7)8/h15-18,22-23,26,29H,10-14,19-21H2,1-9H3,(H,32,38). The molecule has 2 unspecified atom stereocenters. The van der Waals surface area contributed by atoms with E-state index in [1.54, 1.807) is 4.90 Å². The molecule has 1 aliphatic heterocycles. The zero-order chi connectivity index (χ0) is 29.3. The van der Waals surface area contributed by atoms with Crippen LogP contribution in [0.1, 0.15) is 98.2 Å². The first-order valence-electron chi connectivity index (χ1n) is 14.8.